The third-order valence-electron chi connectivity index (χ3n) is 2.99. The highest BCUT2D eigenvalue weighted by Gasteiger charge is 2.08. The molecule has 2 rings (SSSR count). The SMILES string of the molecule is COC(=O)c1ccc(N/N=C\c2cc(Br)cc(OC)c2O)cc1. The highest BCUT2D eigenvalue weighted by Crippen LogP contribution is 2.32. The molecule has 0 atom stereocenters. The maximum Gasteiger partial charge on any atom is 0.337 e. The van der Waals surface area contributed by atoms with E-state index in [0.29, 0.717) is 22.6 Å². The van der Waals surface area contributed by atoms with Crippen molar-refractivity contribution in [2.45, 2.75) is 0 Å². The number of ether oxygens (including phenoxy) is 2. The number of nitrogens with zero attached hydrogens (tertiary/aromatic N) is 1. The van der Waals surface area contributed by atoms with Gasteiger partial charge < -0.3 is 14.6 Å². The molecule has 0 bridgehead atoms. The lowest BCUT2D eigenvalue weighted by molar-refractivity contribution is 0.0601. The lowest BCUT2D eigenvalue weighted by Crippen LogP contribution is -2.00. The molecule has 0 fully saturated rings. The van der Waals surface area contributed by atoms with Crippen LogP contribution in [0.25, 0.3) is 0 Å². The van der Waals surface area contributed by atoms with Gasteiger partial charge in [-0.25, -0.2) is 4.79 Å². The Bertz CT molecular complexity index is 730. The Balaban J connectivity index is 2.10. The molecule has 0 radical (unpaired) electrons. The zero-order valence-corrected chi connectivity index (χ0v) is 14.1. The van der Waals surface area contributed by atoms with E-state index in [2.05, 4.69) is 31.2 Å². The number of methoxy groups -OCH3 is 2. The molecule has 2 aromatic carbocycles. The fourth-order valence-corrected chi connectivity index (χ4v) is 2.28. The number of phenolic OH excluding ortho intramolecular Hbond substituents is 1. The fraction of sp³-hybridized carbons (Fsp3) is 0.125. The summed E-state index contributed by atoms with van der Waals surface area (Å²) in [4.78, 5) is 11.3. The summed E-state index contributed by atoms with van der Waals surface area (Å²) < 4.78 is 10.5. The van der Waals surface area contributed by atoms with Gasteiger partial charge in [-0.3, -0.25) is 5.43 Å². The Kier molecular flexibility index (Phi) is 5.59. The van der Waals surface area contributed by atoms with Gasteiger partial charge in [0.1, 0.15) is 0 Å². The molecule has 0 saturated carbocycles. The second kappa shape index (κ2) is 7.64. The third kappa shape index (κ3) is 4.23. The number of esters is 1. The molecular weight excluding hydrogens is 364 g/mol. The average Bonchev–Trinajstić information content (AvgIpc) is 2.57. The van der Waals surface area contributed by atoms with Crippen LogP contribution in [0.1, 0.15) is 15.9 Å². The van der Waals surface area contributed by atoms with Gasteiger partial charge in [0.2, 0.25) is 0 Å². The monoisotopic (exact) mass is 378 g/mol. The summed E-state index contributed by atoms with van der Waals surface area (Å²) >= 11 is 3.34. The van der Waals surface area contributed by atoms with Crippen LogP contribution < -0.4 is 10.2 Å². The van der Waals surface area contributed by atoms with Gasteiger partial charge in [-0.05, 0) is 36.4 Å². The van der Waals surface area contributed by atoms with Crippen molar-refractivity contribution in [2.24, 2.45) is 5.10 Å². The van der Waals surface area contributed by atoms with Crippen molar-refractivity contribution in [3.05, 3.63) is 52.0 Å². The maximum atomic E-state index is 11.3. The summed E-state index contributed by atoms with van der Waals surface area (Å²) in [6.07, 6.45) is 1.47. The molecule has 23 heavy (non-hydrogen) atoms. The molecule has 0 aliphatic carbocycles. The summed E-state index contributed by atoms with van der Waals surface area (Å²) in [6, 6.07) is 10.0. The standard InChI is InChI=1S/C16H15BrN2O4/c1-22-14-8-12(17)7-11(15(14)20)9-18-19-13-5-3-10(4-6-13)16(21)23-2/h3-9,19-20H,1-2H3/b18-9-. The number of aromatic hydroxyl groups is 1. The lowest BCUT2D eigenvalue weighted by Gasteiger charge is -2.07. The Hall–Kier alpha value is -2.54. The highest BCUT2D eigenvalue weighted by atomic mass is 79.9. The molecule has 0 unspecified atom stereocenters. The first-order valence-corrected chi connectivity index (χ1v) is 7.38. The average molecular weight is 379 g/mol. The van der Waals surface area contributed by atoms with E-state index >= 15 is 0 Å². The molecule has 2 N–H and O–H groups in total. The van der Waals surface area contributed by atoms with Crippen molar-refractivity contribution in [3.8, 4) is 11.5 Å². The third-order valence-corrected chi connectivity index (χ3v) is 3.45. The van der Waals surface area contributed by atoms with Crippen molar-refractivity contribution in [1.29, 1.82) is 0 Å². The van der Waals surface area contributed by atoms with Crippen LogP contribution in [0.15, 0.2) is 46.0 Å². The van der Waals surface area contributed by atoms with Gasteiger partial charge in [0.25, 0.3) is 0 Å². The quantitative estimate of drug-likeness (QED) is 0.473. The van der Waals surface area contributed by atoms with Crippen LogP contribution in [0.5, 0.6) is 11.5 Å². The van der Waals surface area contributed by atoms with Gasteiger partial charge >= 0.3 is 5.97 Å². The highest BCUT2D eigenvalue weighted by molar-refractivity contribution is 9.10. The number of carbonyl (C=O) groups is 1. The summed E-state index contributed by atoms with van der Waals surface area (Å²) in [7, 11) is 2.81. The van der Waals surface area contributed by atoms with Crippen LogP contribution in [0.4, 0.5) is 5.69 Å². The van der Waals surface area contributed by atoms with E-state index in [9.17, 15) is 9.90 Å². The molecule has 0 spiro atoms. The number of halogens is 1. The summed E-state index contributed by atoms with van der Waals surface area (Å²) in [6.45, 7) is 0. The van der Waals surface area contributed by atoms with Crippen molar-refractivity contribution in [3.63, 3.8) is 0 Å². The molecule has 120 valence electrons. The smallest absolute Gasteiger partial charge is 0.337 e. The van der Waals surface area contributed by atoms with E-state index in [1.807, 2.05) is 0 Å². The second-order valence-corrected chi connectivity index (χ2v) is 5.40. The summed E-state index contributed by atoms with van der Waals surface area (Å²) in [5, 5.41) is 14.1. The molecule has 0 amide bonds. The Labute approximate surface area is 141 Å². The van der Waals surface area contributed by atoms with Crippen molar-refractivity contribution >= 4 is 33.8 Å². The number of benzene rings is 2. The molecule has 0 aliphatic heterocycles. The minimum atomic E-state index is -0.397. The zero-order chi connectivity index (χ0) is 16.8. The van der Waals surface area contributed by atoms with Crippen LogP contribution in [0.3, 0.4) is 0 Å². The van der Waals surface area contributed by atoms with Gasteiger partial charge in [-0.15, -0.1) is 0 Å². The van der Waals surface area contributed by atoms with Crippen molar-refractivity contribution in [2.75, 3.05) is 19.6 Å². The van der Waals surface area contributed by atoms with Gasteiger partial charge in [-0.1, -0.05) is 15.9 Å². The summed E-state index contributed by atoms with van der Waals surface area (Å²) in [5.74, 6) is -0.0447. The van der Waals surface area contributed by atoms with Gasteiger partial charge in [0.15, 0.2) is 11.5 Å². The Morgan fingerprint density at radius 1 is 1.26 bits per heavy atom. The van der Waals surface area contributed by atoms with E-state index < -0.39 is 5.97 Å². The van der Waals surface area contributed by atoms with E-state index in [-0.39, 0.29) is 5.75 Å². The molecule has 0 aliphatic rings. The number of phenols is 1. The normalized spacial score (nSPS) is 10.6. The molecule has 7 heteroatoms. The number of rotatable bonds is 5. The number of carbonyl (C=O) groups excluding carboxylic acids is 1. The number of hydrazone groups is 1. The number of anilines is 1. The number of hydrogen-bond donors (Lipinski definition) is 2. The molecule has 2 aromatic rings. The fourth-order valence-electron chi connectivity index (χ4n) is 1.82. The Morgan fingerprint density at radius 2 is 1.96 bits per heavy atom. The molecule has 0 saturated heterocycles. The van der Waals surface area contributed by atoms with Gasteiger partial charge in [0, 0.05) is 10.0 Å². The predicted molar refractivity (Wildman–Crippen MR) is 91.4 cm³/mol. The second-order valence-electron chi connectivity index (χ2n) is 4.48. The summed E-state index contributed by atoms with van der Waals surface area (Å²) in [5.41, 5.74) is 4.45. The van der Waals surface area contributed by atoms with Crippen LogP contribution in [0.2, 0.25) is 0 Å². The molecule has 6 nitrogen and oxygen atoms in total. The number of nitrogens with one attached hydrogen (secondary N) is 1. The molecule has 0 aromatic heterocycles. The molecule has 0 heterocycles. The maximum absolute atomic E-state index is 11.3. The van der Waals surface area contributed by atoms with Crippen LogP contribution in [0, 0.1) is 0 Å². The van der Waals surface area contributed by atoms with E-state index in [1.54, 1.807) is 36.4 Å². The van der Waals surface area contributed by atoms with Crippen molar-refractivity contribution in [1.82, 2.24) is 0 Å². The van der Waals surface area contributed by atoms with E-state index in [4.69, 9.17) is 4.74 Å². The predicted octanol–water partition coefficient (Wildman–Crippen LogP) is 3.40. The van der Waals surface area contributed by atoms with Crippen LogP contribution >= 0.6 is 15.9 Å². The van der Waals surface area contributed by atoms with Crippen LogP contribution in [-0.2, 0) is 4.74 Å². The largest absolute Gasteiger partial charge is 0.504 e. The minimum Gasteiger partial charge on any atom is -0.504 e. The van der Waals surface area contributed by atoms with E-state index in [0.717, 1.165) is 4.47 Å². The molecular formula is C16H15BrN2O4. The number of hydrogen-bond acceptors (Lipinski definition) is 6. The van der Waals surface area contributed by atoms with Crippen molar-refractivity contribution < 1.29 is 19.4 Å². The van der Waals surface area contributed by atoms with E-state index in [1.165, 1.54) is 20.4 Å². The van der Waals surface area contributed by atoms with Gasteiger partial charge in [-0.2, -0.15) is 5.10 Å². The first-order valence-electron chi connectivity index (χ1n) is 6.59. The zero-order valence-electron chi connectivity index (χ0n) is 12.5. The van der Waals surface area contributed by atoms with Gasteiger partial charge in [0.05, 0.1) is 31.7 Å². The lowest BCUT2D eigenvalue weighted by atomic mass is 10.2. The first-order chi connectivity index (χ1) is 11.0. The first kappa shape index (κ1) is 16.8. The Morgan fingerprint density at radius 3 is 2.57 bits per heavy atom. The topological polar surface area (TPSA) is 80.2 Å². The minimum absolute atomic E-state index is 0.00212. The van der Waals surface area contributed by atoms with Crippen LogP contribution in [-0.4, -0.2) is 31.5 Å².